The van der Waals surface area contributed by atoms with E-state index in [4.69, 9.17) is 16.3 Å². The third-order valence-corrected chi connectivity index (χ3v) is 3.74. The molecule has 0 unspecified atom stereocenters. The van der Waals surface area contributed by atoms with Crippen molar-refractivity contribution in [1.29, 1.82) is 0 Å². The van der Waals surface area contributed by atoms with Crippen molar-refractivity contribution in [3.8, 4) is 5.75 Å². The Bertz CT molecular complexity index is 683. The lowest BCUT2D eigenvalue weighted by Gasteiger charge is -2.13. The Morgan fingerprint density at radius 3 is 2.73 bits per heavy atom. The maximum Gasteiger partial charge on any atom is 0.259 e. The minimum absolute atomic E-state index is 0.220. The normalized spacial score (nSPS) is 10.4. The number of anilines is 1. The first-order valence-corrected chi connectivity index (χ1v) is 7.70. The zero-order chi connectivity index (χ0) is 16.1. The Hall–Kier alpha value is -2.00. The van der Waals surface area contributed by atoms with Crippen LogP contribution in [0.1, 0.15) is 34.8 Å². The van der Waals surface area contributed by atoms with E-state index in [9.17, 15) is 4.79 Å². The Morgan fingerprint density at radius 2 is 2.00 bits per heavy atom. The predicted octanol–water partition coefficient (Wildman–Crippen LogP) is 5.00. The second-order valence-electron chi connectivity index (χ2n) is 5.19. The molecule has 2 aromatic rings. The first kappa shape index (κ1) is 16.4. The quantitative estimate of drug-likeness (QED) is 0.843. The van der Waals surface area contributed by atoms with Crippen LogP contribution in [0.15, 0.2) is 36.4 Å². The average Bonchev–Trinajstić information content (AvgIpc) is 2.50. The van der Waals surface area contributed by atoms with Gasteiger partial charge in [-0.05, 0) is 55.7 Å². The molecular weight excluding hydrogens is 298 g/mol. The second-order valence-corrected chi connectivity index (χ2v) is 5.63. The summed E-state index contributed by atoms with van der Waals surface area (Å²) in [4.78, 5) is 12.6. The number of hydrogen-bond acceptors (Lipinski definition) is 2. The zero-order valence-corrected chi connectivity index (χ0v) is 13.8. The van der Waals surface area contributed by atoms with E-state index >= 15 is 0 Å². The molecule has 2 aromatic carbocycles. The van der Waals surface area contributed by atoms with Crippen LogP contribution in [0.5, 0.6) is 5.75 Å². The summed E-state index contributed by atoms with van der Waals surface area (Å²) in [6.07, 6.45) is 0.876. The van der Waals surface area contributed by atoms with Gasteiger partial charge in [0.15, 0.2) is 0 Å². The number of ether oxygens (including phenoxy) is 1. The molecule has 0 saturated carbocycles. The first-order chi connectivity index (χ1) is 10.5. The number of aryl methyl sites for hydroxylation is 1. The summed E-state index contributed by atoms with van der Waals surface area (Å²) >= 11 is 6.02. The molecule has 116 valence electrons. The molecule has 1 N–H and O–H groups in total. The molecule has 0 saturated heterocycles. The summed E-state index contributed by atoms with van der Waals surface area (Å²) in [5, 5.41) is 3.44. The number of carbonyl (C=O) groups is 1. The SMILES string of the molecule is CCCOc1ccc(Cl)cc1C(=O)Nc1cccc(C)c1C. The second kappa shape index (κ2) is 7.32. The van der Waals surface area contributed by atoms with E-state index in [1.54, 1.807) is 18.2 Å². The zero-order valence-electron chi connectivity index (χ0n) is 13.1. The van der Waals surface area contributed by atoms with Gasteiger partial charge in [0.25, 0.3) is 5.91 Å². The standard InChI is InChI=1S/C18H20ClNO2/c1-4-10-22-17-9-8-14(19)11-15(17)18(21)20-16-7-5-6-12(2)13(16)3/h5-9,11H,4,10H2,1-3H3,(H,20,21). The highest BCUT2D eigenvalue weighted by Gasteiger charge is 2.15. The van der Waals surface area contributed by atoms with E-state index in [1.165, 1.54) is 0 Å². The van der Waals surface area contributed by atoms with Crippen LogP contribution in [0.25, 0.3) is 0 Å². The largest absolute Gasteiger partial charge is 0.493 e. The van der Waals surface area contributed by atoms with E-state index in [0.717, 1.165) is 23.2 Å². The third kappa shape index (κ3) is 3.80. The molecule has 2 rings (SSSR count). The number of hydrogen-bond donors (Lipinski definition) is 1. The van der Waals surface area contributed by atoms with Gasteiger partial charge in [0.2, 0.25) is 0 Å². The van der Waals surface area contributed by atoms with Crippen LogP contribution in [-0.4, -0.2) is 12.5 Å². The number of halogens is 1. The molecular formula is C18H20ClNO2. The van der Waals surface area contributed by atoms with Crippen molar-refractivity contribution in [1.82, 2.24) is 0 Å². The van der Waals surface area contributed by atoms with Crippen molar-refractivity contribution in [3.63, 3.8) is 0 Å². The Morgan fingerprint density at radius 1 is 1.23 bits per heavy atom. The number of nitrogens with one attached hydrogen (secondary N) is 1. The number of rotatable bonds is 5. The highest BCUT2D eigenvalue weighted by molar-refractivity contribution is 6.31. The van der Waals surface area contributed by atoms with Gasteiger partial charge in [-0.25, -0.2) is 0 Å². The third-order valence-electron chi connectivity index (χ3n) is 3.50. The van der Waals surface area contributed by atoms with Crippen LogP contribution in [-0.2, 0) is 0 Å². The van der Waals surface area contributed by atoms with Crippen molar-refractivity contribution in [2.24, 2.45) is 0 Å². The highest BCUT2D eigenvalue weighted by Crippen LogP contribution is 2.25. The Kier molecular flexibility index (Phi) is 5.45. The maximum atomic E-state index is 12.6. The molecule has 0 aromatic heterocycles. The van der Waals surface area contributed by atoms with Gasteiger partial charge in [0.1, 0.15) is 5.75 Å². The van der Waals surface area contributed by atoms with E-state index in [-0.39, 0.29) is 5.91 Å². The smallest absolute Gasteiger partial charge is 0.259 e. The molecule has 0 aliphatic rings. The van der Waals surface area contributed by atoms with Crippen LogP contribution in [0.2, 0.25) is 5.02 Å². The number of amides is 1. The van der Waals surface area contributed by atoms with E-state index < -0.39 is 0 Å². The fraction of sp³-hybridized carbons (Fsp3) is 0.278. The van der Waals surface area contributed by atoms with Gasteiger partial charge >= 0.3 is 0 Å². The van der Waals surface area contributed by atoms with Crippen LogP contribution >= 0.6 is 11.6 Å². The van der Waals surface area contributed by atoms with Gasteiger partial charge in [0.05, 0.1) is 12.2 Å². The molecule has 0 radical (unpaired) electrons. The van der Waals surface area contributed by atoms with Crippen molar-refractivity contribution >= 4 is 23.2 Å². The summed E-state index contributed by atoms with van der Waals surface area (Å²) in [5.41, 5.74) is 3.42. The van der Waals surface area contributed by atoms with E-state index in [1.807, 2.05) is 39.0 Å². The molecule has 0 aliphatic heterocycles. The summed E-state index contributed by atoms with van der Waals surface area (Å²) in [6.45, 7) is 6.58. The van der Waals surface area contributed by atoms with E-state index in [2.05, 4.69) is 5.32 Å². The number of benzene rings is 2. The van der Waals surface area contributed by atoms with Gasteiger partial charge in [-0.2, -0.15) is 0 Å². The molecule has 0 heterocycles. The minimum atomic E-state index is -0.220. The Labute approximate surface area is 136 Å². The Balaban J connectivity index is 2.28. The minimum Gasteiger partial charge on any atom is -0.493 e. The van der Waals surface area contributed by atoms with Crippen molar-refractivity contribution in [2.75, 3.05) is 11.9 Å². The van der Waals surface area contributed by atoms with Crippen LogP contribution in [0, 0.1) is 13.8 Å². The lowest BCUT2D eigenvalue weighted by atomic mass is 10.1. The van der Waals surface area contributed by atoms with Gasteiger partial charge in [-0.1, -0.05) is 30.7 Å². The molecule has 0 bridgehead atoms. The van der Waals surface area contributed by atoms with Gasteiger partial charge in [-0.15, -0.1) is 0 Å². The topological polar surface area (TPSA) is 38.3 Å². The molecule has 3 nitrogen and oxygen atoms in total. The summed E-state index contributed by atoms with van der Waals surface area (Å²) in [7, 11) is 0. The summed E-state index contributed by atoms with van der Waals surface area (Å²) in [5.74, 6) is 0.330. The first-order valence-electron chi connectivity index (χ1n) is 7.33. The highest BCUT2D eigenvalue weighted by atomic mass is 35.5. The van der Waals surface area contributed by atoms with Gasteiger partial charge in [-0.3, -0.25) is 4.79 Å². The monoisotopic (exact) mass is 317 g/mol. The molecule has 0 spiro atoms. The van der Waals surface area contributed by atoms with Crippen molar-refractivity contribution in [3.05, 3.63) is 58.1 Å². The number of carbonyl (C=O) groups excluding carboxylic acids is 1. The van der Waals surface area contributed by atoms with Crippen LogP contribution in [0.3, 0.4) is 0 Å². The van der Waals surface area contributed by atoms with E-state index in [0.29, 0.717) is 22.9 Å². The molecule has 22 heavy (non-hydrogen) atoms. The van der Waals surface area contributed by atoms with Crippen molar-refractivity contribution in [2.45, 2.75) is 27.2 Å². The van der Waals surface area contributed by atoms with Gasteiger partial charge in [0, 0.05) is 10.7 Å². The fourth-order valence-corrected chi connectivity index (χ4v) is 2.27. The van der Waals surface area contributed by atoms with Crippen LogP contribution in [0.4, 0.5) is 5.69 Å². The summed E-state index contributed by atoms with van der Waals surface area (Å²) < 4.78 is 5.63. The van der Waals surface area contributed by atoms with Crippen molar-refractivity contribution < 1.29 is 9.53 Å². The fourth-order valence-electron chi connectivity index (χ4n) is 2.09. The lowest BCUT2D eigenvalue weighted by Crippen LogP contribution is -2.15. The summed E-state index contributed by atoms with van der Waals surface area (Å²) in [6, 6.07) is 10.9. The molecule has 4 heteroatoms. The maximum absolute atomic E-state index is 12.6. The molecule has 1 amide bonds. The predicted molar refractivity (Wildman–Crippen MR) is 91.1 cm³/mol. The molecule has 0 aliphatic carbocycles. The van der Waals surface area contributed by atoms with Gasteiger partial charge < -0.3 is 10.1 Å². The molecule has 0 fully saturated rings. The lowest BCUT2D eigenvalue weighted by molar-refractivity contribution is 0.102. The average molecular weight is 318 g/mol. The van der Waals surface area contributed by atoms with Crippen LogP contribution < -0.4 is 10.1 Å². The molecule has 0 atom stereocenters.